The summed E-state index contributed by atoms with van der Waals surface area (Å²) in [7, 11) is 0. The van der Waals surface area contributed by atoms with Gasteiger partial charge in [0.25, 0.3) is 5.91 Å². The van der Waals surface area contributed by atoms with Crippen molar-refractivity contribution >= 4 is 17.9 Å². The molecule has 3 rings (SSSR count). The Kier molecular flexibility index (Phi) is 4.56. The minimum Gasteiger partial charge on any atom is -0.452 e. The number of aromatic nitrogens is 1. The summed E-state index contributed by atoms with van der Waals surface area (Å²) in [5.41, 5.74) is 2.97. The SMILES string of the molecule is Cc1cc(C(=O)OCC(=O)N2CCNC2=O)c(C)n1-c1ccccc1. The number of hydrogen-bond donors (Lipinski definition) is 1. The molecule has 1 aromatic carbocycles. The van der Waals surface area contributed by atoms with Crippen LogP contribution in [0.25, 0.3) is 5.69 Å². The second-order valence-electron chi connectivity index (χ2n) is 5.81. The fourth-order valence-corrected chi connectivity index (χ4v) is 2.94. The summed E-state index contributed by atoms with van der Waals surface area (Å²) in [6.07, 6.45) is 0. The largest absolute Gasteiger partial charge is 0.452 e. The highest BCUT2D eigenvalue weighted by Gasteiger charge is 2.27. The van der Waals surface area contributed by atoms with Crippen molar-refractivity contribution in [2.75, 3.05) is 19.7 Å². The second-order valence-corrected chi connectivity index (χ2v) is 5.81. The van der Waals surface area contributed by atoms with Crippen LogP contribution in [0, 0.1) is 13.8 Å². The second kappa shape index (κ2) is 6.80. The number of amides is 3. The molecule has 0 bridgehead atoms. The number of hydrogen-bond acceptors (Lipinski definition) is 4. The van der Waals surface area contributed by atoms with Crippen LogP contribution in [0.15, 0.2) is 36.4 Å². The Balaban J connectivity index is 1.73. The van der Waals surface area contributed by atoms with Gasteiger partial charge < -0.3 is 14.6 Å². The van der Waals surface area contributed by atoms with E-state index in [9.17, 15) is 14.4 Å². The standard InChI is InChI=1S/C18H19N3O4/c1-12-10-15(13(2)21(12)14-6-4-3-5-7-14)17(23)25-11-16(22)20-9-8-19-18(20)24/h3-7,10H,8-9,11H2,1-2H3,(H,19,24). The molecule has 0 aliphatic carbocycles. The fraction of sp³-hybridized carbons (Fsp3) is 0.278. The molecule has 0 unspecified atom stereocenters. The zero-order chi connectivity index (χ0) is 18.0. The monoisotopic (exact) mass is 341 g/mol. The molecule has 0 saturated carbocycles. The Bertz CT molecular complexity index is 826. The van der Waals surface area contributed by atoms with Gasteiger partial charge in [-0.15, -0.1) is 0 Å². The summed E-state index contributed by atoms with van der Waals surface area (Å²) in [6.45, 7) is 3.97. The molecule has 130 valence electrons. The van der Waals surface area contributed by atoms with E-state index < -0.39 is 24.5 Å². The predicted octanol–water partition coefficient (Wildman–Crippen LogP) is 1.80. The average molecular weight is 341 g/mol. The lowest BCUT2D eigenvalue weighted by Gasteiger charge is -2.12. The molecule has 25 heavy (non-hydrogen) atoms. The number of para-hydroxylation sites is 1. The van der Waals surface area contributed by atoms with Crippen molar-refractivity contribution in [2.45, 2.75) is 13.8 Å². The Labute approximate surface area is 145 Å². The van der Waals surface area contributed by atoms with E-state index in [4.69, 9.17) is 4.74 Å². The molecule has 0 atom stereocenters. The van der Waals surface area contributed by atoms with Crippen LogP contribution in [-0.2, 0) is 9.53 Å². The lowest BCUT2D eigenvalue weighted by atomic mass is 10.2. The molecule has 1 aromatic heterocycles. The third-order valence-corrected chi connectivity index (χ3v) is 4.15. The summed E-state index contributed by atoms with van der Waals surface area (Å²) in [5.74, 6) is -1.11. The van der Waals surface area contributed by atoms with Crippen molar-refractivity contribution in [3.63, 3.8) is 0 Å². The summed E-state index contributed by atoms with van der Waals surface area (Å²) in [6, 6.07) is 10.9. The lowest BCUT2D eigenvalue weighted by Crippen LogP contribution is -2.37. The Hall–Kier alpha value is -3.09. The number of nitrogens with zero attached hydrogens (tertiary/aromatic N) is 2. The van der Waals surface area contributed by atoms with Gasteiger partial charge in [0.05, 0.1) is 5.56 Å². The number of carbonyl (C=O) groups is 3. The van der Waals surface area contributed by atoms with Crippen LogP contribution in [0.3, 0.4) is 0 Å². The first-order valence-electron chi connectivity index (χ1n) is 7.98. The first-order valence-corrected chi connectivity index (χ1v) is 7.98. The van der Waals surface area contributed by atoms with Crippen molar-refractivity contribution in [3.8, 4) is 5.69 Å². The first kappa shape index (κ1) is 16.8. The van der Waals surface area contributed by atoms with Gasteiger partial charge in [-0.3, -0.25) is 9.69 Å². The van der Waals surface area contributed by atoms with Crippen LogP contribution in [-0.4, -0.2) is 47.1 Å². The zero-order valence-corrected chi connectivity index (χ0v) is 14.1. The van der Waals surface area contributed by atoms with Gasteiger partial charge in [0.15, 0.2) is 6.61 Å². The predicted molar refractivity (Wildman–Crippen MR) is 90.6 cm³/mol. The molecule has 2 aromatic rings. The molecule has 0 radical (unpaired) electrons. The number of imide groups is 1. The average Bonchev–Trinajstić information content (AvgIpc) is 3.16. The van der Waals surface area contributed by atoms with Crippen molar-refractivity contribution < 1.29 is 19.1 Å². The van der Waals surface area contributed by atoms with Crippen LogP contribution >= 0.6 is 0 Å². The normalized spacial score (nSPS) is 13.7. The maximum Gasteiger partial charge on any atom is 0.340 e. The number of esters is 1. The van der Waals surface area contributed by atoms with Crippen LogP contribution in [0.4, 0.5) is 4.79 Å². The Morgan fingerprint density at radius 2 is 1.92 bits per heavy atom. The maximum atomic E-state index is 12.4. The number of nitrogens with one attached hydrogen (secondary N) is 1. The minimum absolute atomic E-state index is 0.289. The van der Waals surface area contributed by atoms with Crippen LogP contribution < -0.4 is 5.32 Å². The molecule has 1 fully saturated rings. The van der Waals surface area contributed by atoms with Gasteiger partial charge >= 0.3 is 12.0 Å². The van der Waals surface area contributed by atoms with E-state index in [0.29, 0.717) is 12.1 Å². The highest BCUT2D eigenvalue weighted by molar-refractivity contribution is 5.98. The van der Waals surface area contributed by atoms with E-state index in [0.717, 1.165) is 22.0 Å². The van der Waals surface area contributed by atoms with E-state index in [1.54, 1.807) is 6.07 Å². The van der Waals surface area contributed by atoms with E-state index >= 15 is 0 Å². The van der Waals surface area contributed by atoms with Crippen LogP contribution in [0.2, 0.25) is 0 Å². The van der Waals surface area contributed by atoms with E-state index in [1.807, 2.05) is 48.7 Å². The number of urea groups is 1. The zero-order valence-electron chi connectivity index (χ0n) is 14.1. The highest BCUT2D eigenvalue weighted by atomic mass is 16.5. The van der Waals surface area contributed by atoms with E-state index in [-0.39, 0.29) is 6.54 Å². The fourth-order valence-electron chi connectivity index (χ4n) is 2.94. The molecule has 2 heterocycles. The quantitative estimate of drug-likeness (QED) is 0.860. The van der Waals surface area contributed by atoms with Crippen molar-refractivity contribution in [2.24, 2.45) is 0 Å². The Morgan fingerprint density at radius 3 is 2.56 bits per heavy atom. The summed E-state index contributed by atoms with van der Waals surface area (Å²) >= 11 is 0. The molecule has 1 aliphatic heterocycles. The molecule has 1 aliphatic rings. The maximum absolute atomic E-state index is 12.4. The number of aryl methyl sites for hydroxylation is 1. The molecular formula is C18H19N3O4. The third kappa shape index (κ3) is 3.26. The van der Waals surface area contributed by atoms with Gasteiger partial charge in [-0.05, 0) is 32.0 Å². The number of carbonyl (C=O) groups excluding carboxylic acids is 3. The highest BCUT2D eigenvalue weighted by Crippen LogP contribution is 2.21. The molecular weight excluding hydrogens is 322 g/mol. The van der Waals surface area contributed by atoms with Gasteiger partial charge in [0.1, 0.15) is 0 Å². The molecule has 0 spiro atoms. The number of rotatable bonds is 4. The molecule has 1 N–H and O–H groups in total. The third-order valence-electron chi connectivity index (χ3n) is 4.15. The Morgan fingerprint density at radius 1 is 1.20 bits per heavy atom. The van der Waals surface area contributed by atoms with Gasteiger partial charge in [-0.25, -0.2) is 9.59 Å². The summed E-state index contributed by atoms with van der Waals surface area (Å²) in [5, 5.41) is 2.53. The van der Waals surface area contributed by atoms with Gasteiger partial charge in [0.2, 0.25) is 0 Å². The number of benzene rings is 1. The van der Waals surface area contributed by atoms with Crippen molar-refractivity contribution in [3.05, 3.63) is 53.3 Å². The van der Waals surface area contributed by atoms with Crippen molar-refractivity contribution in [1.29, 1.82) is 0 Å². The first-order chi connectivity index (χ1) is 12.0. The molecule has 7 heteroatoms. The molecule has 7 nitrogen and oxygen atoms in total. The lowest BCUT2D eigenvalue weighted by molar-refractivity contribution is -0.130. The van der Waals surface area contributed by atoms with E-state index in [2.05, 4.69) is 5.32 Å². The summed E-state index contributed by atoms with van der Waals surface area (Å²) < 4.78 is 7.06. The van der Waals surface area contributed by atoms with Crippen molar-refractivity contribution in [1.82, 2.24) is 14.8 Å². The molecule has 3 amide bonds. The van der Waals surface area contributed by atoms with Gasteiger partial charge in [-0.1, -0.05) is 18.2 Å². The van der Waals surface area contributed by atoms with E-state index in [1.165, 1.54) is 0 Å². The van der Waals surface area contributed by atoms with Gasteiger partial charge in [0, 0.05) is 30.2 Å². The molecule has 1 saturated heterocycles. The topological polar surface area (TPSA) is 80.6 Å². The number of ether oxygens (including phenoxy) is 1. The minimum atomic E-state index is -0.580. The summed E-state index contributed by atoms with van der Waals surface area (Å²) in [4.78, 5) is 36.8. The van der Waals surface area contributed by atoms with Gasteiger partial charge in [-0.2, -0.15) is 0 Å². The van der Waals surface area contributed by atoms with Crippen LogP contribution in [0.5, 0.6) is 0 Å². The smallest absolute Gasteiger partial charge is 0.340 e. The van der Waals surface area contributed by atoms with Crippen LogP contribution in [0.1, 0.15) is 21.7 Å².